The Balaban J connectivity index is 2.14. The summed E-state index contributed by atoms with van der Waals surface area (Å²) in [5.74, 6) is -2.62. The third kappa shape index (κ3) is 4.27. The summed E-state index contributed by atoms with van der Waals surface area (Å²) in [7, 11) is 2.40. The molecule has 10 heteroatoms. The first-order valence-electron chi connectivity index (χ1n) is 7.19. The second kappa shape index (κ2) is 8.59. The number of hydrogen-bond acceptors (Lipinski definition) is 9. The lowest BCUT2D eigenvalue weighted by Crippen LogP contribution is -2.21. The Labute approximate surface area is 156 Å². The van der Waals surface area contributed by atoms with E-state index in [1.165, 1.54) is 25.6 Å². The first-order valence-corrected chi connectivity index (χ1v) is 8.89. The highest BCUT2D eigenvalue weighted by atomic mass is 32.1. The molecule has 2 heterocycles. The number of ether oxygens (including phenoxy) is 3. The molecule has 2 rings (SSSR count). The van der Waals surface area contributed by atoms with Gasteiger partial charge < -0.3 is 19.5 Å². The zero-order valence-electron chi connectivity index (χ0n) is 14.1. The maximum atomic E-state index is 12.1. The van der Waals surface area contributed by atoms with Gasteiger partial charge in [0.15, 0.2) is 6.61 Å². The minimum Gasteiger partial charge on any atom is -0.465 e. The van der Waals surface area contributed by atoms with E-state index in [-0.39, 0.29) is 15.4 Å². The van der Waals surface area contributed by atoms with Gasteiger partial charge in [-0.1, -0.05) is 6.07 Å². The predicted molar refractivity (Wildman–Crippen MR) is 95.0 cm³/mol. The van der Waals surface area contributed by atoms with E-state index in [9.17, 15) is 19.2 Å². The summed E-state index contributed by atoms with van der Waals surface area (Å²) in [6.45, 7) is 1.00. The van der Waals surface area contributed by atoms with Crippen molar-refractivity contribution in [2.45, 2.75) is 6.92 Å². The van der Waals surface area contributed by atoms with E-state index in [0.29, 0.717) is 10.4 Å². The van der Waals surface area contributed by atoms with Crippen molar-refractivity contribution in [3.8, 4) is 0 Å². The van der Waals surface area contributed by atoms with Crippen molar-refractivity contribution >= 4 is 51.5 Å². The summed E-state index contributed by atoms with van der Waals surface area (Å²) in [4.78, 5) is 48.1. The van der Waals surface area contributed by atoms with Gasteiger partial charge >= 0.3 is 17.9 Å². The third-order valence-corrected chi connectivity index (χ3v) is 5.25. The molecule has 0 aromatic carbocycles. The lowest BCUT2D eigenvalue weighted by Gasteiger charge is -2.06. The molecule has 0 saturated carbocycles. The van der Waals surface area contributed by atoms with E-state index in [1.54, 1.807) is 24.4 Å². The molecule has 1 N–H and O–H groups in total. The fourth-order valence-electron chi connectivity index (χ4n) is 2.00. The smallest absolute Gasteiger partial charge is 0.348 e. The second-order valence-corrected chi connectivity index (χ2v) is 6.81. The molecular formula is C16H15NO7S2. The van der Waals surface area contributed by atoms with Gasteiger partial charge in [-0.25, -0.2) is 14.4 Å². The summed E-state index contributed by atoms with van der Waals surface area (Å²) < 4.78 is 14.3. The summed E-state index contributed by atoms with van der Waals surface area (Å²) in [6, 6.07) is 3.26. The maximum Gasteiger partial charge on any atom is 0.348 e. The van der Waals surface area contributed by atoms with Crippen molar-refractivity contribution < 1.29 is 33.4 Å². The summed E-state index contributed by atoms with van der Waals surface area (Å²) in [5.41, 5.74) is 0.385. The highest BCUT2D eigenvalue weighted by molar-refractivity contribution is 7.18. The summed E-state index contributed by atoms with van der Waals surface area (Å²) in [5, 5.41) is 4.29. The van der Waals surface area contributed by atoms with Gasteiger partial charge in [-0.15, -0.1) is 22.7 Å². The highest BCUT2D eigenvalue weighted by Crippen LogP contribution is 2.34. The summed E-state index contributed by atoms with van der Waals surface area (Å²) in [6.07, 6.45) is 0. The number of anilines is 1. The van der Waals surface area contributed by atoms with Gasteiger partial charge in [0.25, 0.3) is 5.91 Å². The molecule has 1 amide bonds. The van der Waals surface area contributed by atoms with Gasteiger partial charge in [0, 0.05) is 0 Å². The monoisotopic (exact) mass is 397 g/mol. The van der Waals surface area contributed by atoms with Gasteiger partial charge in [0.05, 0.1) is 19.8 Å². The zero-order chi connectivity index (χ0) is 19.3. The number of carbonyl (C=O) groups excluding carboxylic acids is 4. The van der Waals surface area contributed by atoms with Crippen LogP contribution in [0.15, 0.2) is 17.5 Å². The largest absolute Gasteiger partial charge is 0.465 e. The average Bonchev–Trinajstić information content (AvgIpc) is 3.27. The number of amides is 1. The molecule has 138 valence electrons. The minimum atomic E-state index is -0.709. The summed E-state index contributed by atoms with van der Waals surface area (Å²) >= 11 is 2.07. The molecule has 8 nitrogen and oxygen atoms in total. The number of thiophene rings is 2. The Morgan fingerprint density at radius 1 is 1.08 bits per heavy atom. The Hall–Kier alpha value is -2.72. The predicted octanol–water partition coefficient (Wildman–Crippen LogP) is 2.49. The molecule has 0 saturated heterocycles. The topological polar surface area (TPSA) is 108 Å². The van der Waals surface area contributed by atoms with Crippen molar-refractivity contribution in [2.75, 3.05) is 26.1 Å². The standard InChI is InChI=1S/C16H15NO7S2/c1-8-11(15(20)22-2)13(26-12(8)16(21)23-3)17-10(18)7-24-14(19)9-5-4-6-25-9/h4-6H,7H2,1-3H3,(H,17,18). The first-order chi connectivity index (χ1) is 12.4. The maximum absolute atomic E-state index is 12.1. The van der Waals surface area contributed by atoms with E-state index in [0.717, 1.165) is 11.3 Å². The van der Waals surface area contributed by atoms with Crippen molar-refractivity contribution in [3.05, 3.63) is 38.4 Å². The molecule has 0 unspecified atom stereocenters. The van der Waals surface area contributed by atoms with Crippen LogP contribution in [0.5, 0.6) is 0 Å². The fraction of sp³-hybridized carbons (Fsp3) is 0.250. The molecule has 0 fully saturated rings. The van der Waals surface area contributed by atoms with Crippen LogP contribution in [-0.4, -0.2) is 44.6 Å². The molecular weight excluding hydrogens is 382 g/mol. The Morgan fingerprint density at radius 2 is 1.77 bits per heavy atom. The quantitative estimate of drug-likeness (QED) is 0.589. The zero-order valence-corrected chi connectivity index (χ0v) is 15.7. The molecule has 0 aliphatic carbocycles. The molecule has 2 aromatic rings. The number of methoxy groups -OCH3 is 2. The third-order valence-electron chi connectivity index (χ3n) is 3.22. The van der Waals surface area contributed by atoms with Crippen molar-refractivity contribution in [2.24, 2.45) is 0 Å². The molecule has 0 spiro atoms. The molecule has 0 atom stereocenters. The van der Waals surface area contributed by atoms with Crippen molar-refractivity contribution in [1.82, 2.24) is 0 Å². The van der Waals surface area contributed by atoms with E-state index in [1.807, 2.05) is 0 Å². The van der Waals surface area contributed by atoms with Crippen LogP contribution in [0.25, 0.3) is 0 Å². The van der Waals surface area contributed by atoms with Crippen molar-refractivity contribution in [3.63, 3.8) is 0 Å². The number of rotatable bonds is 6. The number of esters is 3. The van der Waals surface area contributed by atoms with Crippen LogP contribution in [-0.2, 0) is 19.0 Å². The Kier molecular flexibility index (Phi) is 6.47. The lowest BCUT2D eigenvalue weighted by molar-refractivity contribution is -0.119. The second-order valence-electron chi connectivity index (χ2n) is 4.85. The van der Waals surface area contributed by atoms with Crippen LogP contribution >= 0.6 is 22.7 Å². The molecule has 0 aliphatic heterocycles. The van der Waals surface area contributed by atoms with Gasteiger partial charge in [-0.3, -0.25) is 4.79 Å². The normalized spacial score (nSPS) is 10.1. The van der Waals surface area contributed by atoms with E-state index in [2.05, 4.69) is 10.1 Å². The minimum absolute atomic E-state index is 0.0517. The lowest BCUT2D eigenvalue weighted by atomic mass is 10.1. The van der Waals surface area contributed by atoms with Gasteiger partial charge in [0.1, 0.15) is 14.8 Å². The van der Waals surface area contributed by atoms with Crippen LogP contribution in [0.3, 0.4) is 0 Å². The van der Waals surface area contributed by atoms with Crippen molar-refractivity contribution in [1.29, 1.82) is 0 Å². The number of carbonyl (C=O) groups is 4. The molecule has 0 bridgehead atoms. The molecule has 26 heavy (non-hydrogen) atoms. The average molecular weight is 397 g/mol. The van der Waals surface area contributed by atoms with Crippen LogP contribution in [0.1, 0.15) is 35.3 Å². The van der Waals surface area contributed by atoms with Crippen LogP contribution < -0.4 is 5.32 Å². The van der Waals surface area contributed by atoms with E-state index < -0.39 is 30.4 Å². The van der Waals surface area contributed by atoms with Gasteiger partial charge in [-0.05, 0) is 23.9 Å². The first kappa shape index (κ1) is 19.6. The highest BCUT2D eigenvalue weighted by Gasteiger charge is 2.27. The van der Waals surface area contributed by atoms with E-state index >= 15 is 0 Å². The SMILES string of the molecule is COC(=O)c1sc(NC(=O)COC(=O)c2cccs2)c(C(=O)OC)c1C. The van der Waals surface area contributed by atoms with Crippen LogP contribution in [0.4, 0.5) is 5.00 Å². The van der Waals surface area contributed by atoms with Crippen LogP contribution in [0.2, 0.25) is 0 Å². The van der Waals surface area contributed by atoms with E-state index in [4.69, 9.17) is 9.47 Å². The Morgan fingerprint density at radius 3 is 2.35 bits per heavy atom. The molecule has 0 radical (unpaired) electrons. The van der Waals surface area contributed by atoms with Crippen LogP contribution in [0, 0.1) is 6.92 Å². The van der Waals surface area contributed by atoms with Gasteiger partial charge in [-0.2, -0.15) is 0 Å². The fourth-order valence-corrected chi connectivity index (χ4v) is 3.74. The molecule has 2 aromatic heterocycles. The number of hydrogen-bond donors (Lipinski definition) is 1. The van der Waals surface area contributed by atoms with Gasteiger partial charge in [0.2, 0.25) is 0 Å². The molecule has 0 aliphatic rings. The number of nitrogens with one attached hydrogen (secondary N) is 1. The Bertz CT molecular complexity index is 839.